The molecule has 0 aliphatic heterocycles. The molecule has 16 heavy (non-hydrogen) atoms. The maximum atomic E-state index is 10.9. The Balaban J connectivity index is 2.43. The fraction of sp³-hybridized carbons (Fsp3) is 0.308. The van der Waals surface area contributed by atoms with Crippen molar-refractivity contribution < 1.29 is 9.90 Å². The molecule has 0 saturated heterocycles. The standard InChI is InChI=1S/C13H17NO2/c1-2-10-14-12(13(15)16)9-8-11-6-4-3-5-7-11/h2-7,12,14H,1,8-10H2,(H,15,16). The monoisotopic (exact) mass is 219 g/mol. The lowest BCUT2D eigenvalue weighted by atomic mass is 10.1. The lowest BCUT2D eigenvalue weighted by Crippen LogP contribution is -2.37. The molecule has 3 heteroatoms. The van der Waals surface area contributed by atoms with Crippen LogP contribution in [0.15, 0.2) is 43.0 Å². The maximum absolute atomic E-state index is 10.9. The second kappa shape index (κ2) is 6.80. The molecule has 0 amide bonds. The zero-order chi connectivity index (χ0) is 11.8. The van der Waals surface area contributed by atoms with Gasteiger partial charge in [-0.3, -0.25) is 4.79 Å². The summed E-state index contributed by atoms with van der Waals surface area (Å²) in [7, 11) is 0. The van der Waals surface area contributed by atoms with Gasteiger partial charge >= 0.3 is 5.97 Å². The number of carboxylic acids is 1. The highest BCUT2D eigenvalue weighted by Gasteiger charge is 2.15. The third-order valence-corrected chi connectivity index (χ3v) is 2.37. The quantitative estimate of drug-likeness (QED) is 0.688. The van der Waals surface area contributed by atoms with E-state index < -0.39 is 12.0 Å². The van der Waals surface area contributed by atoms with Gasteiger partial charge in [0.15, 0.2) is 0 Å². The van der Waals surface area contributed by atoms with E-state index in [1.54, 1.807) is 6.08 Å². The molecule has 0 aromatic heterocycles. The van der Waals surface area contributed by atoms with Gasteiger partial charge in [-0.1, -0.05) is 36.4 Å². The van der Waals surface area contributed by atoms with Crippen molar-refractivity contribution in [2.75, 3.05) is 6.54 Å². The highest BCUT2D eigenvalue weighted by molar-refractivity contribution is 5.73. The summed E-state index contributed by atoms with van der Waals surface area (Å²) in [4.78, 5) is 10.9. The molecule has 86 valence electrons. The van der Waals surface area contributed by atoms with Crippen molar-refractivity contribution in [2.45, 2.75) is 18.9 Å². The summed E-state index contributed by atoms with van der Waals surface area (Å²) in [6.45, 7) is 4.07. The summed E-state index contributed by atoms with van der Waals surface area (Å²) in [5.41, 5.74) is 1.16. The number of aliphatic carboxylic acids is 1. The van der Waals surface area contributed by atoms with E-state index in [-0.39, 0.29) is 0 Å². The lowest BCUT2D eigenvalue weighted by molar-refractivity contribution is -0.139. The van der Waals surface area contributed by atoms with Gasteiger partial charge in [-0.15, -0.1) is 6.58 Å². The van der Waals surface area contributed by atoms with E-state index in [0.29, 0.717) is 13.0 Å². The van der Waals surface area contributed by atoms with Crippen LogP contribution in [0.1, 0.15) is 12.0 Å². The Morgan fingerprint density at radius 1 is 1.44 bits per heavy atom. The van der Waals surface area contributed by atoms with E-state index in [0.717, 1.165) is 12.0 Å². The Labute approximate surface area is 95.8 Å². The van der Waals surface area contributed by atoms with Crippen molar-refractivity contribution in [3.8, 4) is 0 Å². The predicted octanol–water partition coefficient (Wildman–Crippen LogP) is 1.85. The second-order valence-corrected chi connectivity index (χ2v) is 3.61. The molecular formula is C13H17NO2. The average molecular weight is 219 g/mol. The van der Waals surface area contributed by atoms with Crippen molar-refractivity contribution in [3.05, 3.63) is 48.6 Å². The molecular weight excluding hydrogens is 202 g/mol. The summed E-state index contributed by atoms with van der Waals surface area (Å²) in [5.74, 6) is -0.808. The van der Waals surface area contributed by atoms with Crippen LogP contribution < -0.4 is 5.32 Å². The van der Waals surface area contributed by atoms with Gasteiger partial charge < -0.3 is 10.4 Å². The van der Waals surface area contributed by atoms with Gasteiger partial charge in [-0.25, -0.2) is 0 Å². The number of hydrogen-bond donors (Lipinski definition) is 2. The van der Waals surface area contributed by atoms with Crippen LogP contribution in [0.25, 0.3) is 0 Å². The van der Waals surface area contributed by atoms with Crippen LogP contribution in [0, 0.1) is 0 Å². The molecule has 1 atom stereocenters. The van der Waals surface area contributed by atoms with Crippen molar-refractivity contribution in [1.29, 1.82) is 0 Å². The van der Waals surface area contributed by atoms with Gasteiger partial charge in [0.1, 0.15) is 6.04 Å². The first kappa shape index (κ1) is 12.5. The van der Waals surface area contributed by atoms with Crippen LogP contribution >= 0.6 is 0 Å². The summed E-state index contributed by atoms with van der Waals surface area (Å²) in [6.07, 6.45) is 3.02. The smallest absolute Gasteiger partial charge is 0.320 e. The van der Waals surface area contributed by atoms with Crippen LogP contribution in [0.5, 0.6) is 0 Å². The highest BCUT2D eigenvalue weighted by atomic mass is 16.4. The number of rotatable bonds is 7. The fourth-order valence-electron chi connectivity index (χ4n) is 1.49. The topological polar surface area (TPSA) is 49.3 Å². The minimum absolute atomic E-state index is 0.502. The SMILES string of the molecule is C=CCNC(CCc1ccccc1)C(=O)O. The molecule has 0 bridgehead atoms. The molecule has 1 aromatic carbocycles. The minimum Gasteiger partial charge on any atom is -0.480 e. The van der Waals surface area contributed by atoms with Gasteiger partial charge in [0, 0.05) is 6.54 Å². The molecule has 0 aliphatic rings. The Morgan fingerprint density at radius 3 is 2.69 bits per heavy atom. The lowest BCUT2D eigenvalue weighted by Gasteiger charge is -2.12. The van der Waals surface area contributed by atoms with Crippen LogP contribution in [0.2, 0.25) is 0 Å². The molecule has 0 heterocycles. The molecule has 3 nitrogen and oxygen atoms in total. The summed E-state index contributed by atoms with van der Waals surface area (Å²) in [6, 6.07) is 9.38. The maximum Gasteiger partial charge on any atom is 0.320 e. The number of hydrogen-bond acceptors (Lipinski definition) is 2. The van der Waals surface area contributed by atoms with E-state index in [1.165, 1.54) is 0 Å². The first-order valence-electron chi connectivity index (χ1n) is 5.35. The van der Waals surface area contributed by atoms with E-state index in [9.17, 15) is 4.79 Å². The van der Waals surface area contributed by atoms with Gasteiger partial charge in [-0.05, 0) is 18.4 Å². The van der Waals surface area contributed by atoms with Crippen LogP contribution in [-0.4, -0.2) is 23.7 Å². The van der Waals surface area contributed by atoms with Crippen LogP contribution in [0.4, 0.5) is 0 Å². The molecule has 0 fully saturated rings. The number of carboxylic acid groups (broad SMARTS) is 1. The minimum atomic E-state index is -0.808. The molecule has 1 rings (SSSR count). The molecule has 1 unspecified atom stereocenters. The van der Waals surface area contributed by atoms with E-state index in [2.05, 4.69) is 11.9 Å². The average Bonchev–Trinajstić information content (AvgIpc) is 2.30. The zero-order valence-electron chi connectivity index (χ0n) is 9.23. The third-order valence-electron chi connectivity index (χ3n) is 2.37. The van der Waals surface area contributed by atoms with Crippen LogP contribution in [0.3, 0.4) is 0 Å². The normalized spacial score (nSPS) is 12.0. The van der Waals surface area contributed by atoms with Crippen molar-refractivity contribution >= 4 is 5.97 Å². The Hall–Kier alpha value is -1.61. The molecule has 2 N–H and O–H groups in total. The van der Waals surface area contributed by atoms with Crippen molar-refractivity contribution in [2.24, 2.45) is 0 Å². The number of nitrogens with one attached hydrogen (secondary N) is 1. The zero-order valence-corrected chi connectivity index (χ0v) is 9.23. The summed E-state index contributed by atoms with van der Waals surface area (Å²) >= 11 is 0. The summed E-state index contributed by atoms with van der Waals surface area (Å²) < 4.78 is 0. The highest BCUT2D eigenvalue weighted by Crippen LogP contribution is 2.05. The van der Waals surface area contributed by atoms with Gasteiger partial charge in [0.05, 0.1) is 0 Å². The number of aryl methyl sites for hydroxylation is 1. The Kier molecular flexibility index (Phi) is 5.29. The molecule has 0 saturated carbocycles. The number of carbonyl (C=O) groups is 1. The predicted molar refractivity (Wildman–Crippen MR) is 64.4 cm³/mol. The molecule has 0 aliphatic carbocycles. The van der Waals surface area contributed by atoms with E-state index >= 15 is 0 Å². The Morgan fingerprint density at radius 2 is 2.12 bits per heavy atom. The van der Waals surface area contributed by atoms with E-state index in [1.807, 2.05) is 30.3 Å². The van der Waals surface area contributed by atoms with Gasteiger partial charge in [0.25, 0.3) is 0 Å². The first-order valence-corrected chi connectivity index (χ1v) is 5.35. The molecule has 1 aromatic rings. The van der Waals surface area contributed by atoms with Crippen molar-refractivity contribution in [1.82, 2.24) is 5.32 Å². The first-order chi connectivity index (χ1) is 7.74. The third kappa shape index (κ3) is 4.28. The summed E-state index contributed by atoms with van der Waals surface area (Å²) in [5, 5.41) is 11.9. The van der Waals surface area contributed by atoms with Crippen molar-refractivity contribution in [3.63, 3.8) is 0 Å². The van der Waals surface area contributed by atoms with Crippen LogP contribution in [-0.2, 0) is 11.2 Å². The Bertz CT molecular complexity index is 335. The fourth-order valence-corrected chi connectivity index (χ4v) is 1.49. The second-order valence-electron chi connectivity index (χ2n) is 3.61. The molecule has 0 radical (unpaired) electrons. The largest absolute Gasteiger partial charge is 0.480 e. The van der Waals surface area contributed by atoms with E-state index in [4.69, 9.17) is 5.11 Å². The van der Waals surface area contributed by atoms with Gasteiger partial charge in [-0.2, -0.15) is 0 Å². The number of benzene rings is 1. The molecule has 0 spiro atoms. The van der Waals surface area contributed by atoms with Gasteiger partial charge in [0.2, 0.25) is 0 Å².